The van der Waals surface area contributed by atoms with E-state index in [1.54, 1.807) is 6.20 Å². The van der Waals surface area contributed by atoms with Crippen LogP contribution in [0, 0.1) is 6.92 Å². The molecule has 3 nitrogen and oxygen atoms in total. The fourth-order valence-electron chi connectivity index (χ4n) is 2.15. The normalized spacial score (nSPS) is 10.9. The van der Waals surface area contributed by atoms with Crippen LogP contribution in [0.2, 0.25) is 0 Å². The maximum absolute atomic E-state index is 4.48. The van der Waals surface area contributed by atoms with Crippen molar-refractivity contribution in [3.05, 3.63) is 48.5 Å². The van der Waals surface area contributed by atoms with Crippen molar-refractivity contribution in [1.82, 2.24) is 14.5 Å². The van der Waals surface area contributed by atoms with Crippen LogP contribution in [0.15, 0.2) is 42.7 Å². The fourth-order valence-corrected chi connectivity index (χ4v) is 2.15. The minimum Gasteiger partial charge on any atom is -0.350 e. The van der Waals surface area contributed by atoms with E-state index in [1.807, 2.05) is 13.0 Å². The van der Waals surface area contributed by atoms with Crippen molar-refractivity contribution < 1.29 is 0 Å². The number of para-hydroxylation sites is 1. The van der Waals surface area contributed by atoms with Crippen LogP contribution in [-0.2, 0) is 7.05 Å². The maximum atomic E-state index is 4.48. The third kappa shape index (κ3) is 1.60. The molecule has 0 N–H and O–H groups in total. The van der Waals surface area contributed by atoms with Gasteiger partial charge in [-0.2, -0.15) is 0 Å². The van der Waals surface area contributed by atoms with Crippen LogP contribution in [0.3, 0.4) is 0 Å². The van der Waals surface area contributed by atoms with Gasteiger partial charge in [0.15, 0.2) is 0 Å². The topological polar surface area (TPSA) is 30.7 Å². The first-order valence-corrected chi connectivity index (χ1v) is 5.60. The van der Waals surface area contributed by atoms with Crippen molar-refractivity contribution in [3.8, 4) is 11.3 Å². The van der Waals surface area contributed by atoms with Gasteiger partial charge in [-0.3, -0.25) is 0 Å². The monoisotopic (exact) mass is 223 g/mol. The Kier molecular flexibility index (Phi) is 2.18. The Morgan fingerprint density at radius 1 is 1.12 bits per heavy atom. The van der Waals surface area contributed by atoms with E-state index in [9.17, 15) is 0 Å². The van der Waals surface area contributed by atoms with E-state index >= 15 is 0 Å². The molecule has 1 aromatic carbocycles. The summed E-state index contributed by atoms with van der Waals surface area (Å²) < 4.78 is 2.13. The lowest BCUT2D eigenvalue weighted by molar-refractivity contribution is 0.968. The summed E-state index contributed by atoms with van der Waals surface area (Å²) in [5.74, 6) is 0.801. The molecule has 17 heavy (non-hydrogen) atoms. The zero-order valence-corrected chi connectivity index (χ0v) is 9.88. The Labute approximate surface area is 99.8 Å². The van der Waals surface area contributed by atoms with Crippen LogP contribution in [-0.4, -0.2) is 14.5 Å². The Morgan fingerprint density at radius 3 is 2.76 bits per heavy atom. The standard InChI is InChI=1S/C14H13N3/c1-10-15-8-7-13(16-10)12-9-17(2)14-6-4-3-5-11(12)14/h3-9H,1-2H3. The van der Waals surface area contributed by atoms with Gasteiger partial charge in [0.2, 0.25) is 0 Å². The fraction of sp³-hybridized carbons (Fsp3) is 0.143. The van der Waals surface area contributed by atoms with Gasteiger partial charge >= 0.3 is 0 Å². The molecule has 0 radical (unpaired) electrons. The van der Waals surface area contributed by atoms with Crippen molar-refractivity contribution in [2.45, 2.75) is 6.92 Å². The highest BCUT2D eigenvalue weighted by Gasteiger charge is 2.08. The Balaban J connectivity index is 2.31. The highest BCUT2D eigenvalue weighted by molar-refractivity contribution is 5.95. The molecule has 0 fully saturated rings. The van der Waals surface area contributed by atoms with Gasteiger partial charge in [-0.05, 0) is 19.1 Å². The van der Waals surface area contributed by atoms with E-state index in [0.29, 0.717) is 0 Å². The quantitative estimate of drug-likeness (QED) is 0.635. The molecule has 0 saturated heterocycles. The SMILES string of the molecule is Cc1nccc(-c2cn(C)c3ccccc23)n1. The first kappa shape index (κ1) is 10.0. The van der Waals surface area contributed by atoms with Crippen molar-refractivity contribution in [2.75, 3.05) is 0 Å². The van der Waals surface area contributed by atoms with Crippen molar-refractivity contribution in [2.24, 2.45) is 7.05 Å². The number of hydrogen-bond acceptors (Lipinski definition) is 2. The summed E-state index contributed by atoms with van der Waals surface area (Å²) in [6.45, 7) is 1.91. The lowest BCUT2D eigenvalue weighted by Crippen LogP contribution is -1.88. The summed E-state index contributed by atoms with van der Waals surface area (Å²) >= 11 is 0. The second kappa shape index (κ2) is 3.70. The van der Waals surface area contributed by atoms with Crippen molar-refractivity contribution in [3.63, 3.8) is 0 Å². The molecule has 0 aliphatic rings. The van der Waals surface area contributed by atoms with Crippen LogP contribution in [0.4, 0.5) is 0 Å². The molecule has 3 aromatic rings. The predicted molar refractivity (Wildman–Crippen MR) is 68.7 cm³/mol. The van der Waals surface area contributed by atoms with Crippen LogP contribution < -0.4 is 0 Å². The summed E-state index contributed by atoms with van der Waals surface area (Å²) in [5, 5.41) is 1.23. The summed E-state index contributed by atoms with van der Waals surface area (Å²) in [6, 6.07) is 10.3. The van der Waals surface area contributed by atoms with E-state index < -0.39 is 0 Å². The summed E-state index contributed by atoms with van der Waals surface area (Å²) in [6.07, 6.45) is 3.92. The average molecular weight is 223 g/mol. The smallest absolute Gasteiger partial charge is 0.125 e. The summed E-state index contributed by atoms with van der Waals surface area (Å²) in [4.78, 5) is 8.62. The number of benzene rings is 1. The number of hydrogen-bond donors (Lipinski definition) is 0. The minimum absolute atomic E-state index is 0.801. The van der Waals surface area contributed by atoms with Gasteiger partial charge in [0.25, 0.3) is 0 Å². The van der Waals surface area contributed by atoms with Crippen LogP contribution >= 0.6 is 0 Å². The number of fused-ring (bicyclic) bond motifs is 1. The molecule has 0 amide bonds. The van der Waals surface area contributed by atoms with Gasteiger partial charge in [-0.1, -0.05) is 18.2 Å². The first-order chi connectivity index (χ1) is 8.25. The van der Waals surface area contributed by atoms with Crippen LogP contribution in [0.1, 0.15) is 5.82 Å². The number of aryl methyl sites for hydroxylation is 2. The Bertz CT molecular complexity index is 683. The van der Waals surface area contributed by atoms with Crippen molar-refractivity contribution >= 4 is 10.9 Å². The molecular formula is C14H13N3. The van der Waals surface area contributed by atoms with Gasteiger partial charge in [0.1, 0.15) is 5.82 Å². The third-order valence-corrected chi connectivity index (χ3v) is 2.95. The molecule has 0 aliphatic heterocycles. The van der Waals surface area contributed by atoms with Gasteiger partial charge in [-0.15, -0.1) is 0 Å². The highest BCUT2D eigenvalue weighted by atomic mass is 14.9. The highest BCUT2D eigenvalue weighted by Crippen LogP contribution is 2.28. The maximum Gasteiger partial charge on any atom is 0.125 e. The molecule has 0 atom stereocenters. The molecular weight excluding hydrogens is 210 g/mol. The van der Waals surface area contributed by atoms with E-state index in [1.165, 1.54) is 10.9 Å². The van der Waals surface area contributed by atoms with E-state index in [4.69, 9.17) is 0 Å². The molecule has 0 saturated carbocycles. The number of nitrogens with zero attached hydrogens (tertiary/aromatic N) is 3. The average Bonchev–Trinajstić information content (AvgIpc) is 2.68. The summed E-state index contributed by atoms with van der Waals surface area (Å²) in [7, 11) is 2.06. The predicted octanol–water partition coefficient (Wildman–Crippen LogP) is 2.94. The number of aromatic nitrogens is 3. The molecule has 2 aromatic heterocycles. The lowest BCUT2D eigenvalue weighted by atomic mass is 10.1. The van der Waals surface area contributed by atoms with Crippen LogP contribution in [0.5, 0.6) is 0 Å². The molecule has 3 heteroatoms. The second-order valence-corrected chi connectivity index (χ2v) is 4.16. The zero-order chi connectivity index (χ0) is 11.8. The Morgan fingerprint density at radius 2 is 1.94 bits per heavy atom. The van der Waals surface area contributed by atoms with Crippen molar-refractivity contribution in [1.29, 1.82) is 0 Å². The van der Waals surface area contributed by atoms with E-state index in [-0.39, 0.29) is 0 Å². The minimum atomic E-state index is 0.801. The van der Waals surface area contributed by atoms with Gasteiger partial charge in [-0.25, -0.2) is 9.97 Å². The van der Waals surface area contributed by atoms with E-state index in [0.717, 1.165) is 17.1 Å². The summed E-state index contributed by atoms with van der Waals surface area (Å²) in [5.41, 5.74) is 3.36. The largest absolute Gasteiger partial charge is 0.350 e. The molecule has 84 valence electrons. The lowest BCUT2D eigenvalue weighted by Gasteiger charge is -1.99. The van der Waals surface area contributed by atoms with Gasteiger partial charge in [0, 0.05) is 35.9 Å². The Hall–Kier alpha value is -2.16. The molecule has 0 unspecified atom stereocenters. The second-order valence-electron chi connectivity index (χ2n) is 4.16. The first-order valence-electron chi connectivity index (χ1n) is 5.60. The molecule has 0 spiro atoms. The molecule has 2 heterocycles. The van der Waals surface area contributed by atoms with Gasteiger partial charge in [0.05, 0.1) is 5.69 Å². The van der Waals surface area contributed by atoms with Gasteiger partial charge < -0.3 is 4.57 Å². The molecule has 0 bridgehead atoms. The van der Waals surface area contributed by atoms with Crippen LogP contribution in [0.25, 0.3) is 22.2 Å². The molecule has 0 aliphatic carbocycles. The number of rotatable bonds is 1. The van der Waals surface area contributed by atoms with E-state index in [2.05, 4.69) is 52.0 Å². The molecule has 3 rings (SSSR count). The zero-order valence-electron chi connectivity index (χ0n) is 9.88. The third-order valence-electron chi connectivity index (χ3n) is 2.95.